The number of likely N-dealkylation sites (N-methyl/N-ethyl adjacent to an activating group) is 1. The molecule has 1 saturated heterocycles. The van der Waals surface area contributed by atoms with Gasteiger partial charge in [-0.3, -0.25) is 9.89 Å². The number of thiophene rings is 1. The molecular formula is C23H35N5S. The molecule has 29 heavy (non-hydrogen) atoms. The Balaban J connectivity index is 1.40. The van der Waals surface area contributed by atoms with Gasteiger partial charge in [0.05, 0.1) is 0 Å². The second kappa shape index (κ2) is 11.3. The second-order valence-corrected chi connectivity index (χ2v) is 8.57. The minimum atomic E-state index is 0.471. The van der Waals surface area contributed by atoms with Crippen LogP contribution >= 0.6 is 11.3 Å². The van der Waals surface area contributed by atoms with Crippen LogP contribution in [-0.4, -0.2) is 62.1 Å². The Morgan fingerprint density at radius 2 is 1.72 bits per heavy atom. The highest BCUT2D eigenvalue weighted by Crippen LogP contribution is 2.17. The fourth-order valence-electron chi connectivity index (χ4n) is 3.61. The summed E-state index contributed by atoms with van der Waals surface area (Å²) in [5, 5.41) is 11.2. The maximum absolute atomic E-state index is 4.35. The van der Waals surface area contributed by atoms with E-state index in [9.17, 15) is 0 Å². The van der Waals surface area contributed by atoms with E-state index < -0.39 is 0 Å². The standard InChI is InChI=1S/C23H35N5S/c1-4-27-10-12-28(13-11-27)17-21-7-5-20(6-8-21)16-26-23(24-3)25-15-19(2)22-9-14-29-18-22/h5-9,14,18-19H,4,10-13,15-17H2,1-3H3,(H2,24,25,26). The van der Waals surface area contributed by atoms with Crippen LogP contribution in [0, 0.1) is 0 Å². The molecule has 0 bridgehead atoms. The van der Waals surface area contributed by atoms with E-state index in [0.29, 0.717) is 5.92 Å². The zero-order chi connectivity index (χ0) is 20.5. The highest BCUT2D eigenvalue weighted by atomic mass is 32.1. The number of hydrogen-bond acceptors (Lipinski definition) is 4. The van der Waals surface area contributed by atoms with Crippen molar-refractivity contribution in [1.82, 2.24) is 20.4 Å². The summed E-state index contributed by atoms with van der Waals surface area (Å²) in [5.74, 6) is 1.32. The van der Waals surface area contributed by atoms with E-state index in [-0.39, 0.29) is 0 Å². The SMILES string of the molecule is CCN1CCN(Cc2ccc(CNC(=NC)NCC(C)c3ccsc3)cc2)CC1. The molecule has 0 aliphatic carbocycles. The Morgan fingerprint density at radius 1 is 1.03 bits per heavy atom. The average molecular weight is 414 g/mol. The van der Waals surface area contributed by atoms with Crippen LogP contribution in [0.15, 0.2) is 46.1 Å². The quantitative estimate of drug-likeness (QED) is 0.514. The summed E-state index contributed by atoms with van der Waals surface area (Å²) in [7, 11) is 1.83. The van der Waals surface area contributed by atoms with Crippen LogP contribution in [0.25, 0.3) is 0 Å². The van der Waals surface area contributed by atoms with Crippen molar-refractivity contribution in [3.8, 4) is 0 Å². The summed E-state index contributed by atoms with van der Waals surface area (Å²) in [4.78, 5) is 9.43. The Kier molecular flexibility index (Phi) is 8.52. The topological polar surface area (TPSA) is 42.9 Å². The Hall–Kier alpha value is -1.89. The third-order valence-electron chi connectivity index (χ3n) is 5.71. The maximum atomic E-state index is 4.35. The maximum Gasteiger partial charge on any atom is 0.191 e. The van der Waals surface area contributed by atoms with Gasteiger partial charge < -0.3 is 15.5 Å². The molecule has 158 valence electrons. The number of benzene rings is 1. The molecule has 1 unspecified atom stereocenters. The van der Waals surface area contributed by atoms with E-state index in [2.05, 4.69) is 80.4 Å². The van der Waals surface area contributed by atoms with Crippen molar-refractivity contribution in [1.29, 1.82) is 0 Å². The summed E-state index contributed by atoms with van der Waals surface area (Å²) < 4.78 is 0. The molecule has 1 atom stereocenters. The lowest BCUT2D eigenvalue weighted by Gasteiger charge is -2.34. The molecule has 1 aliphatic rings. The van der Waals surface area contributed by atoms with E-state index in [1.165, 1.54) is 49.4 Å². The lowest BCUT2D eigenvalue weighted by molar-refractivity contribution is 0.132. The molecule has 1 fully saturated rings. The van der Waals surface area contributed by atoms with E-state index >= 15 is 0 Å². The molecule has 2 heterocycles. The van der Waals surface area contributed by atoms with E-state index in [4.69, 9.17) is 0 Å². The van der Waals surface area contributed by atoms with Crippen LogP contribution < -0.4 is 10.6 Å². The van der Waals surface area contributed by atoms with E-state index in [0.717, 1.165) is 25.6 Å². The molecule has 1 aromatic carbocycles. The molecule has 0 spiro atoms. The van der Waals surface area contributed by atoms with Gasteiger partial charge >= 0.3 is 0 Å². The number of hydrogen-bond donors (Lipinski definition) is 2. The smallest absolute Gasteiger partial charge is 0.191 e. The van der Waals surface area contributed by atoms with Gasteiger partial charge in [0.15, 0.2) is 5.96 Å². The molecule has 2 N–H and O–H groups in total. The van der Waals surface area contributed by atoms with Gasteiger partial charge in [0, 0.05) is 52.9 Å². The molecule has 6 heteroatoms. The molecule has 5 nitrogen and oxygen atoms in total. The first-order valence-corrected chi connectivity index (χ1v) is 11.6. The molecule has 2 aromatic rings. The fraction of sp³-hybridized carbons (Fsp3) is 0.522. The Labute approximate surface area is 179 Å². The van der Waals surface area contributed by atoms with Crippen LogP contribution in [0.2, 0.25) is 0 Å². The van der Waals surface area contributed by atoms with Crippen molar-refractivity contribution in [3.05, 3.63) is 57.8 Å². The van der Waals surface area contributed by atoms with Gasteiger partial charge in [-0.1, -0.05) is 38.1 Å². The van der Waals surface area contributed by atoms with Crippen molar-refractivity contribution in [3.63, 3.8) is 0 Å². The summed E-state index contributed by atoms with van der Waals surface area (Å²) in [6.45, 7) is 13.1. The lowest BCUT2D eigenvalue weighted by atomic mass is 10.1. The lowest BCUT2D eigenvalue weighted by Crippen LogP contribution is -2.45. The van der Waals surface area contributed by atoms with Crippen LogP contribution in [0.3, 0.4) is 0 Å². The molecule has 0 saturated carbocycles. The first-order chi connectivity index (χ1) is 14.2. The predicted octanol–water partition coefficient (Wildman–Crippen LogP) is 3.35. The molecule has 0 radical (unpaired) electrons. The van der Waals surface area contributed by atoms with Gasteiger partial charge in [-0.25, -0.2) is 0 Å². The van der Waals surface area contributed by atoms with Crippen LogP contribution in [0.1, 0.15) is 36.5 Å². The molecule has 3 rings (SSSR count). The fourth-order valence-corrected chi connectivity index (χ4v) is 4.40. The van der Waals surface area contributed by atoms with Gasteiger partial charge in [-0.15, -0.1) is 0 Å². The number of piperazine rings is 1. The summed E-state index contributed by atoms with van der Waals surface area (Å²) >= 11 is 1.75. The van der Waals surface area contributed by atoms with Crippen molar-refractivity contribution in [2.45, 2.75) is 32.9 Å². The predicted molar refractivity (Wildman–Crippen MR) is 125 cm³/mol. The van der Waals surface area contributed by atoms with Crippen LogP contribution in [-0.2, 0) is 13.1 Å². The number of rotatable bonds is 8. The molecule has 1 aliphatic heterocycles. The van der Waals surface area contributed by atoms with Crippen molar-refractivity contribution in [2.75, 3.05) is 46.3 Å². The molecule has 0 amide bonds. The van der Waals surface area contributed by atoms with Gasteiger partial charge in [0.1, 0.15) is 0 Å². The summed E-state index contributed by atoms with van der Waals surface area (Å²) in [6.07, 6.45) is 0. The number of nitrogens with zero attached hydrogens (tertiary/aromatic N) is 3. The largest absolute Gasteiger partial charge is 0.356 e. The molecule has 1 aromatic heterocycles. The first kappa shape index (κ1) is 21.8. The average Bonchev–Trinajstić information content (AvgIpc) is 3.30. The minimum Gasteiger partial charge on any atom is -0.356 e. The van der Waals surface area contributed by atoms with Gasteiger partial charge in [-0.05, 0) is 46.0 Å². The third kappa shape index (κ3) is 6.84. The van der Waals surface area contributed by atoms with Crippen LogP contribution in [0.4, 0.5) is 0 Å². The highest BCUT2D eigenvalue weighted by Gasteiger charge is 2.15. The van der Waals surface area contributed by atoms with Gasteiger partial charge in [0.25, 0.3) is 0 Å². The second-order valence-electron chi connectivity index (χ2n) is 7.79. The number of guanidine groups is 1. The van der Waals surface area contributed by atoms with Crippen molar-refractivity contribution >= 4 is 17.3 Å². The zero-order valence-electron chi connectivity index (χ0n) is 18.0. The number of nitrogens with one attached hydrogen (secondary N) is 2. The normalized spacial score (nSPS) is 17.3. The number of aliphatic imine (C=N–C) groups is 1. The first-order valence-electron chi connectivity index (χ1n) is 10.7. The molecular weight excluding hydrogens is 378 g/mol. The van der Waals surface area contributed by atoms with E-state index in [1.54, 1.807) is 11.3 Å². The Morgan fingerprint density at radius 3 is 2.34 bits per heavy atom. The monoisotopic (exact) mass is 413 g/mol. The zero-order valence-corrected chi connectivity index (χ0v) is 18.8. The van der Waals surface area contributed by atoms with Gasteiger partial charge in [-0.2, -0.15) is 11.3 Å². The summed E-state index contributed by atoms with van der Waals surface area (Å²) in [6, 6.07) is 11.2. The minimum absolute atomic E-state index is 0.471. The van der Waals surface area contributed by atoms with Gasteiger partial charge in [0.2, 0.25) is 0 Å². The highest BCUT2D eigenvalue weighted by molar-refractivity contribution is 7.07. The van der Waals surface area contributed by atoms with Crippen molar-refractivity contribution in [2.24, 2.45) is 4.99 Å². The third-order valence-corrected chi connectivity index (χ3v) is 6.41. The van der Waals surface area contributed by atoms with Crippen LogP contribution in [0.5, 0.6) is 0 Å². The van der Waals surface area contributed by atoms with Crippen molar-refractivity contribution < 1.29 is 0 Å². The Bertz CT molecular complexity index is 733. The summed E-state index contributed by atoms with van der Waals surface area (Å²) in [5.41, 5.74) is 4.05. The van der Waals surface area contributed by atoms with E-state index in [1.807, 2.05) is 7.05 Å².